The van der Waals surface area contributed by atoms with E-state index >= 15 is 0 Å². The van der Waals surface area contributed by atoms with Gasteiger partial charge in [0.25, 0.3) is 5.69 Å². The number of aromatic nitrogens is 2. The van der Waals surface area contributed by atoms with Gasteiger partial charge in [-0.05, 0) is 44.0 Å². The minimum Gasteiger partial charge on any atom is -0.494 e. The van der Waals surface area contributed by atoms with Crippen LogP contribution in [0.5, 0.6) is 5.75 Å². The highest BCUT2D eigenvalue weighted by atomic mass is 32.1. The molecule has 7 nitrogen and oxygen atoms in total. The van der Waals surface area contributed by atoms with Gasteiger partial charge < -0.3 is 10.1 Å². The van der Waals surface area contributed by atoms with Gasteiger partial charge in [0.2, 0.25) is 0 Å². The number of hydrogen-bond donors (Lipinski definition) is 1. The monoisotopic (exact) mass is 420 g/mol. The molecule has 0 aliphatic heterocycles. The highest BCUT2D eigenvalue weighted by Crippen LogP contribution is 2.41. The van der Waals surface area contributed by atoms with Gasteiger partial charge in [0.15, 0.2) is 0 Å². The first-order valence-corrected chi connectivity index (χ1v) is 10.3. The number of non-ortho nitro benzene ring substituents is 1. The van der Waals surface area contributed by atoms with E-state index in [1.165, 1.54) is 18.5 Å². The lowest BCUT2D eigenvalue weighted by Crippen LogP contribution is -1.99. The van der Waals surface area contributed by atoms with Crippen LogP contribution in [0, 0.1) is 24.0 Å². The number of nitro benzene ring substituents is 1. The second kappa shape index (κ2) is 8.08. The first kappa shape index (κ1) is 19.8. The van der Waals surface area contributed by atoms with E-state index in [4.69, 9.17) is 4.74 Å². The van der Waals surface area contributed by atoms with Crippen molar-refractivity contribution in [1.82, 2.24) is 9.97 Å². The average molecular weight is 420 g/mol. The molecule has 0 fully saturated rings. The fraction of sp³-hybridized carbons (Fsp3) is 0.182. The van der Waals surface area contributed by atoms with Crippen molar-refractivity contribution in [3.8, 4) is 16.9 Å². The summed E-state index contributed by atoms with van der Waals surface area (Å²) in [5.41, 5.74) is 3.65. The zero-order valence-corrected chi connectivity index (χ0v) is 17.6. The normalized spacial score (nSPS) is 10.9. The minimum atomic E-state index is -0.402. The summed E-state index contributed by atoms with van der Waals surface area (Å²) in [5.74, 6) is 1.44. The Morgan fingerprint density at radius 3 is 2.60 bits per heavy atom. The van der Waals surface area contributed by atoms with Crippen LogP contribution >= 0.6 is 11.3 Å². The Morgan fingerprint density at radius 2 is 1.90 bits per heavy atom. The summed E-state index contributed by atoms with van der Waals surface area (Å²) in [6.07, 6.45) is 1.51. The summed E-state index contributed by atoms with van der Waals surface area (Å²) >= 11 is 1.59. The lowest BCUT2D eigenvalue weighted by atomic mass is 10.0. The molecule has 0 aliphatic rings. The van der Waals surface area contributed by atoms with E-state index < -0.39 is 4.92 Å². The molecule has 30 heavy (non-hydrogen) atoms. The largest absolute Gasteiger partial charge is 0.494 e. The summed E-state index contributed by atoms with van der Waals surface area (Å²) in [5, 5.41) is 15.4. The predicted octanol–water partition coefficient (Wildman–Crippen LogP) is 6.03. The number of benzene rings is 2. The lowest BCUT2D eigenvalue weighted by molar-refractivity contribution is -0.384. The zero-order valence-electron chi connectivity index (χ0n) is 16.8. The minimum absolute atomic E-state index is 0.0293. The van der Waals surface area contributed by atoms with Crippen LogP contribution in [-0.4, -0.2) is 21.5 Å². The van der Waals surface area contributed by atoms with Gasteiger partial charge in [-0.25, -0.2) is 9.97 Å². The van der Waals surface area contributed by atoms with Crippen LogP contribution < -0.4 is 10.1 Å². The van der Waals surface area contributed by atoms with Crippen LogP contribution in [0.3, 0.4) is 0 Å². The number of ether oxygens (including phenoxy) is 1. The number of fused-ring (bicyclic) bond motifs is 1. The molecule has 2 aromatic carbocycles. The topological polar surface area (TPSA) is 90.2 Å². The number of aryl methyl sites for hydroxylation is 2. The van der Waals surface area contributed by atoms with Crippen molar-refractivity contribution in [1.29, 1.82) is 0 Å². The molecule has 0 unspecified atom stereocenters. The molecule has 0 radical (unpaired) electrons. The second-order valence-corrected chi connectivity index (χ2v) is 7.98. The SMILES string of the molecule is CCOc1ccc(-c2c(C)sc3ncnc(Nc4cc([N+](=O)[O-])ccc4C)c23)cc1. The molecule has 2 aromatic heterocycles. The van der Waals surface area contributed by atoms with E-state index in [0.29, 0.717) is 18.1 Å². The van der Waals surface area contributed by atoms with Crippen LogP contribution in [-0.2, 0) is 0 Å². The molecule has 4 rings (SSSR count). The molecule has 2 heterocycles. The maximum Gasteiger partial charge on any atom is 0.271 e. The molecule has 1 N–H and O–H groups in total. The van der Waals surface area contributed by atoms with E-state index in [-0.39, 0.29) is 5.69 Å². The molecule has 0 saturated carbocycles. The Kier molecular flexibility index (Phi) is 5.33. The number of hydrogen-bond acceptors (Lipinski definition) is 7. The van der Waals surface area contributed by atoms with Gasteiger partial charge in [0.1, 0.15) is 22.7 Å². The first-order chi connectivity index (χ1) is 14.5. The van der Waals surface area contributed by atoms with Crippen LogP contribution in [0.25, 0.3) is 21.3 Å². The molecule has 0 saturated heterocycles. The highest BCUT2D eigenvalue weighted by molar-refractivity contribution is 7.19. The smallest absolute Gasteiger partial charge is 0.271 e. The van der Waals surface area contributed by atoms with Crippen molar-refractivity contribution in [2.75, 3.05) is 11.9 Å². The van der Waals surface area contributed by atoms with Gasteiger partial charge in [-0.1, -0.05) is 18.2 Å². The third kappa shape index (κ3) is 3.69. The fourth-order valence-corrected chi connectivity index (χ4v) is 4.37. The summed E-state index contributed by atoms with van der Waals surface area (Å²) < 4.78 is 5.55. The molecule has 0 amide bonds. The van der Waals surface area contributed by atoms with Crippen molar-refractivity contribution in [2.45, 2.75) is 20.8 Å². The summed E-state index contributed by atoms with van der Waals surface area (Å²) in [6.45, 7) is 6.52. The molecule has 0 atom stereocenters. The van der Waals surface area contributed by atoms with Gasteiger partial charge in [-0.2, -0.15) is 0 Å². The number of rotatable bonds is 6. The van der Waals surface area contributed by atoms with E-state index in [9.17, 15) is 10.1 Å². The standard InChI is InChI=1S/C22H20N4O3S/c1-4-29-17-9-6-15(7-10-17)19-14(3)30-22-20(19)21(23-12-24-22)25-18-11-16(26(27)28)8-5-13(18)2/h5-12H,4H2,1-3H3,(H,23,24,25). The van der Waals surface area contributed by atoms with Crippen molar-refractivity contribution < 1.29 is 9.66 Å². The summed E-state index contributed by atoms with van der Waals surface area (Å²) in [6, 6.07) is 12.7. The van der Waals surface area contributed by atoms with E-state index in [0.717, 1.165) is 37.5 Å². The molecule has 8 heteroatoms. The third-order valence-electron chi connectivity index (χ3n) is 4.80. The summed E-state index contributed by atoms with van der Waals surface area (Å²) in [4.78, 5) is 21.7. The van der Waals surface area contributed by atoms with Crippen LogP contribution in [0.1, 0.15) is 17.4 Å². The third-order valence-corrected chi connectivity index (χ3v) is 5.82. The molecular weight excluding hydrogens is 400 g/mol. The number of anilines is 2. The van der Waals surface area contributed by atoms with E-state index in [1.807, 2.05) is 38.1 Å². The second-order valence-electron chi connectivity index (χ2n) is 6.77. The Morgan fingerprint density at radius 1 is 1.13 bits per heavy atom. The Labute approximate surface area is 177 Å². The van der Waals surface area contributed by atoms with E-state index in [2.05, 4.69) is 22.2 Å². The molecular formula is C22H20N4O3S. The molecule has 0 aliphatic carbocycles. The van der Waals surface area contributed by atoms with Gasteiger partial charge in [0.05, 0.1) is 16.9 Å². The van der Waals surface area contributed by atoms with Gasteiger partial charge in [-0.3, -0.25) is 10.1 Å². The Balaban J connectivity index is 1.83. The Hall–Kier alpha value is -3.52. The number of thiophene rings is 1. The predicted molar refractivity (Wildman–Crippen MR) is 120 cm³/mol. The quantitative estimate of drug-likeness (QED) is 0.303. The van der Waals surface area contributed by atoms with Gasteiger partial charge in [-0.15, -0.1) is 11.3 Å². The Bertz CT molecular complexity index is 1240. The molecule has 152 valence electrons. The molecule has 4 aromatic rings. The number of nitrogens with one attached hydrogen (secondary N) is 1. The van der Waals surface area contributed by atoms with Crippen molar-refractivity contribution >= 4 is 38.7 Å². The van der Waals surface area contributed by atoms with Gasteiger partial charge >= 0.3 is 0 Å². The maximum absolute atomic E-state index is 11.2. The molecule has 0 bridgehead atoms. The zero-order chi connectivity index (χ0) is 21.3. The van der Waals surface area contributed by atoms with Crippen LogP contribution in [0.15, 0.2) is 48.8 Å². The number of nitrogens with zero attached hydrogens (tertiary/aromatic N) is 3. The van der Waals surface area contributed by atoms with E-state index in [1.54, 1.807) is 17.4 Å². The fourth-order valence-electron chi connectivity index (χ4n) is 3.36. The van der Waals surface area contributed by atoms with Crippen molar-refractivity contribution in [3.05, 3.63) is 69.3 Å². The first-order valence-electron chi connectivity index (χ1n) is 9.47. The summed E-state index contributed by atoms with van der Waals surface area (Å²) in [7, 11) is 0. The van der Waals surface area contributed by atoms with Gasteiger partial charge in [0, 0.05) is 28.3 Å². The molecule has 0 spiro atoms. The lowest BCUT2D eigenvalue weighted by Gasteiger charge is -2.11. The van der Waals surface area contributed by atoms with Crippen molar-refractivity contribution in [3.63, 3.8) is 0 Å². The average Bonchev–Trinajstić information content (AvgIpc) is 3.07. The maximum atomic E-state index is 11.2. The highest BCUT2D eigenvalue weighted by Gasteiger charge is 2.18. The van der Waals surface area contributed by atoms with Crippen molar-refractivity contribution in [2.24, 2.45) is 0 Å². The van der Waals surface area contributed by atoms with Crippen LogP contribution in [0.4, 0.5) is 17.2 Å². The van der Waals surface area contributed by atoms with Crippen LogP contribution in [0.2, 0.25) is 0 Å². The number of nitro groups is 1.